The fourth-order valence-electron chi connectivity index (χ4n) is 1.55. The predicted octanol–water partition coefficient (Wildman–Crippen LogP) is 1.03. The molecule has 0 heterocycles. The Labute approximate surface area is 83.4 Å². The first kappa shape index (κ1) is 8.95. The average molecular weight is 185 g/mol. The summed E-state index contributed by atoms with van der Waals surface area (Å²) in [6.45, 7) is 2.05. The zero-order valence-corrected chi connectivity index (χ0v) is 8.45. The van der Waals surface area contributed by atoms with Gasteiger partial charge >= 0.3 is 5.78 Å². The summed E-state index contributed by atoms with van der Waals surface area (Å²) in [7, 11) is 1.69. The molecule has 0 unspecified atom stereocenters. The van der Waals surface area contributed by atoms with Gasteiger partial charge in [0, 0.05) is 12.2 Å². The van der Waals surface area contributed by atoms with Crippen LogP contribution in [0.15, 0.2) is 24.3 Å². The highest BCUT2D eigenvalue weighted by molar-refractivity contribution is 6.17. The van der Waals surface area contributed by atoms with Crippen LogP contribution in [0.5, 0.6) is 0 Å². The van der Waals surface area contributed by atoms with Crippen molar-refractivity contribution in [1.29, 1.82) is 0 Å². The third-order valence-electron chi connectivity index (χ3n) is 2.40. The molecule has 2 rings (SSSR count). The van der Waals surface area contributed by atoms with E-state index in [0.717, 1.165) is 5.78 Å². The Morgan fingerprint density at radius 1 is 1.21 bits per heavy atom. The van der Waals surface area contributed by atoms with Gasteiger partial charge in [0.1, 0.15) is 0 Å². The van der Waals surface area contributed by atoms with E-state index in [-0.39, 0.29) is 0 Å². The molecule has 0 aromatic heterocycles. The normalized spacial score (nSPS) is 18.1. The van der Waals surface area contributed by atoms with E-state index in [0.29, 0.717) is 0 Å². The van der Waals surface area contributed by atoms with Crippen molar-refractivity contribution in [2.24, 2.45) is 0 Å². The van der Waals surface area contributed by atoms with Crippen molar-refractivity contribution < 1.29 is 4.42 Å². The van der Waals surface area contributed by atoms with Crippen molar-refractivity contribution in [2.45, 2.75) is 6.92 Å². The molecule has 0 fully saturated rings. The first-order chi connectivity index (χ1) is 6.83. The van der Waals surface area contributed by atoms with Crippen LogP contribution in [-0.2, 0) is 4.42 Å². The van der Waals surface area contributed by atoms with Crippen LogP contribution in [0.4, 0.5) is 0 Å². The van der Waals surface area contributed by atoms with Crippen LogP contribution in [0, 0.1) is 0 Å². The summed E-state index contributed by atoms with van der Waals surface area (Å²) >= 11 is 0. The fraction of sp³-hybridized carbons (Fsp3) is 0.154. The topological polar surface area (TPSA) is 11.3 Å². The van der Waals surface area contributed by atoms with E-state index >= 15 is 0 Å². The molecule has 1 heteroatoms. The average Bonchev–Trinajstić information content (AvgIpc) is 2.27. The zero-order valence-electron chi connectivity index (χ0n) is 8.45. The predicted molar refractivity (Wildman–Crippen MR) is 60.3 cm³/mol. The second-order valence-corrected chi connectivity index (χ2v) is 3.26. The Bertz CT molecular complexity index is 519. The van der Waals surface area contributed by atoms with Crippen molar-refractivity contribution in [3.05, 3.63) is 40.3 Å². The number of fused-ring (bicyclic) bond motifs is 1. The smallest absolute Gasteiger partial charge is 0.258 e. The molecular weight excluding hydrogens is 172 g/mol. The van der Waals surface area contributed by atoms with Gasteiger partial charge in [-0.25, -0.2) is 0 Å². The van der Waals surface area contributed by atoms with Gasteiger partial charge in [-0.2, -0.15) is 0 Å². The highest BCUT2D eigenvalue weighted by atomic mass is 16.4. The number of ketones is 1. The number of carbonyl (C=O) groups excluding carboxylic acids is 1. The lowest BCUT2D eigenvalue weighted by atomic mass is 10.0. The number of benzene rings is 1. The van der Waals surface area contributed by atoms with E-state index in [1.807, 2.05) is 13.0 Å². The minimum Gasteiger partial charge on any atom is -0.258 e. The lowest BCUT2D eigenvalue weighted by Gasteiger charge is -1.98. The fourth-order valence-corrected chi connectivity index (χ4v) is 1.55. The standard InChI is InChI=1S/C13H13O/c1-3-10-4-5-12-9-13(14-2)7-6-11(12)8-10/h3-9H,1-2H3/q+1. The summed E-state index contributed by atoms with van der Waals surface area (Å²) in [6.07, 6.45) is 8.22. The van der Waals surface area contributed by atoms with Gasteiger partial charge in [0.05, 0.1) is 0 Å². The molecular formula is C13H13O+. The van der Waals surface area contributed by atoms with Crippen LogP contribution in [0.25, 0.3) is 18.2 Å². The molecule has 0 bridgehead atoms. The van der Waals surface area contributed by atoms with Crippen molar-refractivity contribution in [3.8, 4) is 0 Å². The molecule has 1 aromatic carbocycles. The molecule has 0 aliphatic heterocycles. The summed E-state index contributed by atoms with van der Waals surface area (Å²) < 4.78 is 5.17. The van der Waals surface area contributed by atoms with Gasteiger partial charge in [0.25, 0.3) is 7.11 Å². The molecule has 1 aliphatic carbocycles. The molecule has 0 N–H and O–H groups in total. The van der Waals surface area contributed by atoms with E-state index in [2.05, 4.69) is 36.4 Å². The van der Waals surface area contributed by atoms with E-state index in [1.165, 1.54) is 16.0 Å². The van der Waals surface area contributed by atoms with E-state index in [1.54, 1.807) is 7.11 Å². The van der Waals surface area contributed by atoms with Gasteiger partial charge in [-0.3, -0.25) is 4.42 Å². The molecule has 0 radical (unpaired) electrons. The Morgan fingerprint density at radius 3 is 2.79 bits per heavy atom. The molecule has 14 heavy (non-hydrogen) atoms. The van der Waals surface area contributed by atoms with Crippen LogP contribution in [-0.4, -0.2) is 12.9 Å². The van der Waals surface area contributed by atoms with Gasteiger partial charge < -0.3 is 0 Å². The zero-order chi connectivity index (χ0) is 9.97. The quantitative estimate of drug-likeness (QED) is 0.535. The largest absolute Gasteiger partial charge is 0.343 e. The Hall–Kier alpha value is -1.63. The van der Waals surface area contributed by atoms with Crippen molar-refractivity contribution in [2.75, 3.05) is 7.11 Å². The molecule has 1 aliphatic rings. The molecule has 1 aromatic rings. The number of rotatable bonds is 0. The number of allylic oxidation sites excluding steroid dienone is 1. The summed E-state index contributed by atoms with van der Waals surface area (Å²) in [6, 6.07) is 6.41. The minimum absolute atomic E-state index is 0.908. The molecule has 0 spiro atoms. The lowest BCUT2D eigenvalue weighted by molar-refractivity contribution is -0.417. The third kappa shape index (κ3) is 1.53. The van der Waals surface area contributed by atoms with E-state index in [4.69, 9.17) is 4.42 Å². The number of hydrogen-bond acceptors (Lipinski definition) is 0. The summed E-state index contributed by atoms with van der Waals surface area (Å²) in [4.78, 5) is 0. The van der Waals surface area contributed by atoms with Gasteiger partial charge in [-0.1, -0.05) is 18.2 Å². The molecule has 0 amide bonds. The van der Waals surface area contributed by atoms with Gasteiger partial charge in [-0.05, 0) is 35.1 Å². The van der Waals surface area contributed by atoms with E-state index in [9.17, 15) is 0 Å². The maximum atomic E-state index is 5.17. The minimum atomic E-state index is 0.908. The summed E-state index contributed by atoms with van der Waals surface area (Å²) in [5.41, 5.74) is 1.25. The molecule has 70 valence electrons. The number of hydrogen-bond donors (Lipinski definition) is 0. The van der Waals surface area contributed by atoms with Crippen LogP contribution < -0.4 is 10.4 Å². The molecule has 0 atom stereocenters. The van der Waals surface area contributed by atoms with Crippen LogP contribution in [0.1, 0.15) is 12.5 Å². The van der Waals surface area contributed by atoms with Crippen molar-refractivity contribution in [1.82, 2.24) is 0 Å². The second-order valence-electron chi connectivity index (χ2n) is 3.26. The second kappa shape index (κ2) is 3.62. The van der Waals surface area contributed by atoms with Crippen molar-refractivity contribution in [3.63, 3.8) is 0 Å². The van der Waals surface area contributed by atoms with Gasteiger partial charge in [0.2, 0.25) is 0 Å². The first-order valence-electron chi connectivity index (χ1n) is 4.70. The maximum absolute atomic E-state index is 5.17. The van der Waals surface area contributed by atoms with Crippen molar-refractivity contribution >= 4 is 24.0 Å². The molecule has 1 nitrogen and oxygen atoms in total. The summed E-state index contributed by atoms with van der Waals surface area (Å²) in [5, 5.41) is 2.47. The first-order valence-corrected chi connectivity index (χ1v) is 4.70. The van der Waals surface area contributed by atoms with Crippen LogP contribution in [0.2, 0.25) is 0 Å². The summed E-state index contributed by atoms with van der Waals surface area (Å²) in [5.74, 6) is 0.908. The monoisotopic (exact) mass is 185 g/mol. The molecule has 0 saturated heterocycles. The Balaban J connectivity index is 2.69. The maximum Gasteiger partial charge on any atom is 0.343 e. The SMILES string of the molecule is CC=c1ccc2c(c1)C=CC(=[O+]C)C=2. The highest BCUT2D eigenvalue weighted by Crippen LogP contribution is 1.98. The lowest BCUT2D eigenvalue weighted by Crippen LogP contribution is -2.16. The van der Waals surface area contributed by atoms with Gasteiger partial charge in [0.15, 0.2) is 0 Å². The molecule has 0 saturated carbocycles. The van der Waals surface area contributed by atoms with Crippen LogP contribution >= 0.6 is 0 Å². The Morgan fingerprint density at radius 2 is 2.07 bits per heavy atom. The van der Waals surface area contributed by atoms with Gasteiger partial charge in [-0.15, -0.1) is 0 Å². The highest BCUT2D eigenvalue weighted by Gasteiger charge is 2.06. The Kier molecular flexibility index (Phi) is 2.32. The van der Waals surface area contributed by atoms with E-state index < -0.39 is 0 Å². The van der Waals surface area contributed by atoms with Crippen LogP contribution in [0.3, 0.4) is 0 Å². The third-order valence-corrected chi connectivity index (χ3v) is 2.40.